The van der Waals surface area contributed by atoms with Gasteiger partial charge in [0.15, 0.2) is 0 Å². The van der Waals surface area contributed by atoms with E-state index in [0.29, 0.717) is 6.42 Å². The number of amides is 1. The van der Waals surface area contributed by atoms with Gasteiger partial charge in [0.05, 0.1) is 6.10 Å². The Balaban J connectivity index is 2.69. The van der Waals surface area contributed by atoms with Gasteiger partial charge in [-0.2, -0.15) is 0 Å². The molecule has 0 spiro atoms. The third kappa shape index (κ3) is 4.75. The van der Waals surface area contributed by atoms with Crippen molar-refractivity contribution in [1.82, 2.24) is 0 Å². The first-order valence-corrected chi connectivity index (χ1v) is 6.21. The molecular formula is C14H22N2O2. The van der Waals surface area contributed by atoms with E-state index in [1.54, 1.807) is 0 Å². The van der Waals surface area contributed by atoms with Crippen LogP contribution in [0.2, 0.25) is 0 Å². The smallest absolute Gasteiger partial charge is 0.225 e. The molecule has 3 N–H and O–H groups in total. The van der Waals surface area contributed by atoms with Crippen molar-refractivity contribution < 1.29 is 9.53 Å². The van der Waals surface area contributed by atoms with Crippen LogP contribution in [-0.2, 0) is 4.79 Å². The number of hydrogen-bond donors (Lipinski definition) is 2. The van der Waals surface area contributed by atoms with Crippen LogP contribution < -0.4 is 15.8 Å². The fourth-order valence-electron chi connectivity index (χ4n) is 1.62. The monoisotopic (exact) mass is 250 g/mol. The maximum Gasteiger partial charge on any atom is 0.225 e. The minimum absolute atomic E-state index is 0.0677. The predicted octanol–water partition coefficient (Wildman–Crippen LogP) is 2.46. The Morgan fingerprint density at radius 1 is 1.39 bits per heavy atom. The van der Waals surface area contributed by atoms with Crippen LogP contribution in [0, 0.1) is 6.92 Å². The Morgan fingerprint density at radius 3 is 2.56 bits per heavy atom. The first kappa shape index (κ1) is 14.5. The van der Waals surface area contributed by atoms with Gasteiger partial charge in [-0.05, 0) is 51.5 Å². The molecule has 0 heterocycles. The second kappa shape index (κ2) is 6.40. The Bertz CT molecular complexity index is 414. The van der Waals surface area contributed by atoms with Crippen LogP contribution in [0.4, 0.5) is 5.69 Å². The van der Waals surface area contributed by atoms with Crippen LogP contribution in [-0.4, -0.2) is 18.1 Å². The van der Waals surface area contributed by atoms with Crippen molar-refractivity contribution in [2.45, 2.75) is 46.3 Å². The molecule has 0 fully saturated rings. The number of carbonyl (C=O) groups excluding carboxylic acids is 1. The summed E-state index contributed by atoms with van der Waals surface area (Å²) in [6, 6.07) is 5.48. The summed E-state index contributed by atoms with van der Waals surface area (Å²) in [5, 5.41) is 2.82. The molecule has 0 aliphatic carbocycles. The lowest BCUT2D eigenvalue weighted by Crippen LogP contribution is -2.24. The summed E-state index contributed by atoms with van der Waals surface area (Å²) >= 11 is 0. The third-order valence-electron chi connectivity index (χ3n) is 2.33. The van der Waals surface area contributed by atoms with Crippen molar-refractivity contribution in [3.8, 4) is 5.75 Å². The number of anilines is 1. The number of ether oxygens (including phenoxy) is 1. The van der Waals surface area contributed by atoms with Crippen LogP contribution in [0.1, 0.15) is 32.8 Å². The highest BCUT2D eigenvalue weighted by molar-refractivity contribution is 5.91. The van der Waals surface area contributed by atoms with Crippen LogP contribution in [0.3, 0.4) is 0 Å². The molecule has 18 heavy (non-hydrogen) atoms. The summed E-state index contributed by atoms with van der Waals surface area (Å²) in [4.78, 5) is 11.6. The first-order valence-electron chi connectivity index (χ1n) is 6.21. The van der Waals surface area contributed by atoms with E-state index in [9.17, 15) is 4.79 Å². The predicted molar refractivity (Wildman–Crippen MR) is 73.8 cm³/mol. The molecule has 4 heteroatoms. The molecule has 0 aliphatic rings. The minimum Gasteiger partial charge on any atom is -0.491 e. The van der Waals surface area contributed by atoms with Crippen LogP contribution in [0.5, 0.6) is 5.75 Å². The van der Waals surface area contributed by atoms with Crippen molar-refractivity contribution >= 4 is 11.6 Å². The van der Waals surface area contributed by atoms with E-state index in [1.807, 2.05) is 45.9 Å². The number of hydrogen-bond acceptors (Lipinski definition) is 3. The molecule has 100 valence electrons. The van der Waals surface area contributed by atoms with Gasteiger partial charge in [-0.3, -0.25) is 4.79 Å². The lowest BCUT2D eigenvalue weighted by molar-refractivity contribution is -0.116. The Kier molecular flexibility index (Phi) is 5.16. The van der Waals surface area contributed by atoms with Crippen molar-refractivity contribution in [2.24, 2.45) is 5.73 Å². The van der Waals surface area contributed by atoms with Crippen LogP contribution >= 0.6 is 0 Å². The number of aryl methyl sites for hydroxylation is 1. The SMILES string of the molecule is Cc1cc(NC(=O)CC(C)N)ccc1OC(C)C. The zero-order chi connectivity index (χ0) is 13.7. The average Bonchev–Trinajstić information content (AvgIpc) is 2.20. The molecule has 1 aromatic carbocycles. The van der Waals surface area contributed by atoms with E-state index in [4.69, 9.17) is 10.5 Å². The zero-order valence-electron chi connectivity index (χ0n) is 11.5. The lowest BCUT2D eigenvalue weighted by atomic mass is 10.2. The fourth-order valence-corrected chi connectivity index (χ4v) is 1.62. The molecule has 0 aliphatic heterocycles. The Morgan fingerprint density at radius 2 is 2.06 bits per heavy atom. The maximum atomic E-state index is 11.6. The minimum atomic E-state index is -0.130. The van der Waals surface area contributed by atoms with Crippen molar-refractivity contribution in [3.63, 3.8) is 0 Å². The van der Waals surface area contributed by atoms with Crippen molar-refractivity contribution in [1.29, 1.82) is 0 Å². The fraction of sp³-hybridized carbons (Fsp3) is 0.500. The van der Waals surface area contributed by atoms with Gasteiger partial charge in [-0.15, -0.1) is 0 Å². The molecule has 1 aromatic rings. The molecule has 0 bridgehead atoms. The van der Waals surface area contributed by atoms with Gasteiger partial charge >= 0.3 is 0 Å². The summed E-state index contributed by atoms with van der Waals surface area (Å²) in [6.45, 7) is 7.73. The molecule has 4 nitrogen and oxygen atoms in total. The largest absolute Gasteiger partial charge is 0.491 e. The van der Waals surface area contributed by atoms with Gasteiger partial charge < -0.3 is 15.8 Å². The number of nitrogens with one attached hydrogen (secondary N) is 1. The summed E-state index contributed by atoms with van der Waals surface area (Å²) in [5.41, 5.74) is 7.35. The molecule has 0 aromatic heterocycles. The van der Waals surface area contributed by atoms with Gasteiger partial charge in [0, 0.05) is 18.2 Å². The van der Waals surface area contributed by atoms with Gasteiger partial charge in [-0.25, -0.2) is 0 Å². The molecule has 1 amide bonds. The van der Waals surface area contributed by atoms with Gasteiger partial charge in [0.25, 0.3) is 0 Å². The van der Waals surface area contributed by atoms with Crippen molar-refractivity contribution in [2.75, 3.05) is 5.32 Å². The number of carbonyl (C=O) groups is 1. The molecule has 1 atom stereocenters. The second-order valence-corrected chi connectivity index (χ2v) is 4.88. The standard InChI is InChI=1S/C14H22N2O2/c1-9(2)18-13-6-5-12(7-10(13)3)16-14(17)8-11(4)15/h5-7,9,11H,8,15H2,1-4H3,(H,16,17). The van der Waals surface area contributed by atoms with E-state index < -0.39 is 0 Å². The molecule has 1 rings (SSSR count). The zero-order valence-corrected chi connectivity index (χ0v) is 11.5. The lowest BCUT2D eigenvalue weighted by Gasteiger charge is -2.14. The quantitative estimate of drug-likeness (QED) is 0.843. The second-order valence-electron chi connectivity index (χ2n) is 4.88. The van der Waals surface area contributed by atoms with Gasteiger partial charge in [0.2, 0.25) is 5.91 Å². The highest BCUT2D eigenvalue weighted by Crippen LogP contribution is 2.23. The summed E-state index contributed by atoms with van der Waals surface area (Å²) in [7, 11) is 0. The van der Waals surface area contributed by atoms with Gasteiger partial charge in [-0.1, -0.05) is 0 Å². The Hall–Kier alpha value is -1.55. The van der Waals surface area contributed by atoms with Crippen molar-refractivity contribution in [3.05, 3.63) is 23.8 Å². The number of nitrogens with two attached hydrogens (primary N) is 1. The normalized spacial score (nSPS) is 12.3. The van der Waals surface area contributed by atoms with E-state index >= 15 is 0 Å². The highest BCUT2D eigenvalue weighted by atomic mass is 16.5. The van der Waals surface area contributed by atoms with E-state index in [-0.39, 0.29) is 18.1 Å². The Labute approximate surface area is 109 Å². The van der Waals surface area contributed by atoms with E-state index in [0.717, 1.165) is 17.0 Å². The summed E-state index contributed by atoms with van der Waals surface area (Å²) in [6.07, 6.45) is 0.464. The maximum absolute atomic E-state index is 11.6. The first-order chi connectivity index (χ1) is 8.38. The van der Waals surface area contributed by atoms with E-state index in [2.05, 4.69) is 5.32 Å². The third-order valence-corrected chi connectivity index (χ3v) is 2.33. The van der Waals surface area contributed by atoms with Gasteiger partial charge in [0.1, 0.15) is 5.75 Å². The molecule has 0 saturated heterocycles. The topological polar surface area (TPSA) is 64.4 Å². The van der Waals surface area contributed by atoms with Crippen LogP contribution in [0.15, 0.2) is 18.2 Å². The average molecular weight is 250 g/mol. The molecule has 0 saturated carbocycles. The summed E-state index contributed by atoms with van der Waals surface area (Å²) in [5.74, 6) is 0.775. The number of rotatable bonds is 5. The molecule has 1 unspecified atom stereocenters. The summed E-state index contributed by atoms with van der Waals surface area (Å²) < 4.78 is 5.64. The highest BCUT2D eigenvalue weighted by Gasteiger charge is 2.07. The van der Waals surface area contributed by atoms with Crippen LogP contribution in [0.25, 0.3) is 0 Å². The van der Waals surface area contributed by atoms with E-state index in [1.165, 1.54) is 0 Å². The molecule has 0 radical (unpaired) electrons. The number of benzene rings is 1. The molecular weight excluding hydrogens is 228 g/mol.